The van der Waals surface area contributed by atoms with Crippen LogP contribution < -0.4 is 10.1 Å². The number of halogens is 1. The zero-order valence-electron chi connectivity index (χ0n) is 9.70. The molecule has 0 bridgehead atoms. The predicted octanol–water partition coefficient (Wildman–Crippen LogP) is 1.85. The number of ether oxygens (including phenoxy) is 1. The Hall–Kier alpha value is -1.07. The summed E-state index contributed by atoms with van der Waals surface area (Å²) in [4.78, 5) is 11.2. The zero-order chi connectivity index (χ0) is 12.7. The molecule has 0 spiro atoms. The molecule has 0 atom stereocenters. The smallest absolute Gasteiger partial charge is 0.223 e. The summed E-state index contributed by atoms with van der Waals surface area (Å²) in [7, 11) is 0. The molecule has 4 nitrogen and oxygen atoms in total. The van der Waals surface area contributed by atoms with Gasteiger partial charge in [0.1, 0.15) is 5.75 Å². The molecule has 0 aromatic heterocycles. The molecule has 0 fully saturated rings. The summed E-state index contributed by atoms with van der Waals surface area (Å²) in [6.45, 7) is 2.79. The van der Waals surface area contributed by atoms with Crippen LogP contribution >= 0.6 is 15.9 Å². The van der Waals surface area contributed by atoms with E-state index in [2.05, 4.69) is 21.2 Å². The van der Waals surface area contributed by atoms with E-state index in [4.69, 9.17) is 9.84 Å². The van der Waals surface area contributed by atoms with Gasteiger partial charge in [-0.2, -0.15) is 0 Å². The van der Waals surface area contributed by atoms with Gasteiger partial charge in [0.15, 0.2) is 0 Å². The first-order valence-electron chi connectivity index (χ1n) is 5.46. The maximum Gasteiger partial charge on any atom is 0.223 e. The summed E-state index contributed by atoms with van der Waals surface area (Å²) >= 11 is 3.32. The summed E-state index contributed by atoms with van der Waals surface area (Å²) in [6.07, 6.45) is 0.332. The van der Waals surface area contributed by atoms with Crippen molar-refractivity contribution in [2.75, 3.05) is 13.2 Å². The van der Waals surface area contributed by atoms with Crippen molar-refractivity contribution in [1.82, 2.24) is 5.32 Å². The molecule has 0 saturated carbocycles. The Bertz CT molecular complexity index is 382. The van der Waals surface area contributed by atoms with Crippen LogP contribution in [0.1, 0.15) is 18.9 Å². The van der Waals surface area contributed by atoms with Gasteiger partial charge >= 0.3 is 0 Å². The Morgan fingerprint density at radius 1 is 1.53 bits per heavy atom. The average Bonchev–Trinajstić information content (AvgIpc) is 2.31. The van der Waals surface area contributed by atoms with E-state index in [1.54, 1.807) is 12.1 Å². The summed E-state index contributed by atoms with van der Waals surface area (Å²) in [5.41, 5.74) is 0.764. The third kappa shape index (κ3) is 4.75. The van der Waals surface area contributed by atoms with Gasteiger partial charge in [-0.25, -0.2) is 0 Å². The normalized spacial score (nSPS) is 10.1. The molecule has 0 heterocycles. The Labute approximate surface area is 109 Å². The molecule has 0 saturated heterocycles. The fourth-order valence-electron chi connectivity index (χ4n) is 1.31. The SMILES string of the molecule is CCNC(=O)CCOc1ccc(Br)c(CO)c1. The monoisotopic (exact) mass is 301 g/mol. The lowest BCUT2D eigenvalue weighted by atomic mass is 10.2. The van der Waals surface area contributed by atoms with Gasteiger partial charge in [0.2, 0.25) is 5.91 Å². The molecule has 0 aliphatic carbocycles. The number of hydrogen-bond donors (Lipinski definition) is 2. The van der Waals surface area contributed by atoms with Crippen molar-refractivity contribution < 1.29 is 14.6 Å². The van der Waals surface area contributed by atoms with Gasteiger partial charge in [0, 0.05) is 11.0 Å². The molecule has 0 aliphatic heterocycles. The fraction of sp³-hybridized carbons (Fsp3) is 0.417. The van der Waals surface area contributed by atoms with Crippen molar-refractivity contribution in [3.05, 3.63) is 28.2 Å². The predicted molar refractivity (Wildman–Crippen MR) is 68.9 cm³/mol. The van der Waals surface area contributed by atoms with E-state index in [1.165, 1.54) is 0 Å². The second-order valence-corrected chi connectivity index (χ2v) is 4.32. The second kappa shape index (κ2) is 7.29. The maximum absolute atomic E-state index is 11.2. The highest BCUT2D eigenvalue weighted by molar-refractivity contribution is 9.10. The molecule has 1 amide bonds. The Kier molecular flexibility index (Phi) is 6.00. The summed E-state index contributed by atoms with van der Waals surface area (Å²) < 4.78 is 6.27. The molecule has 5 heteroatoms. The van der Waals surface area contributed by atoms with Crippen LogP contribution in [0, 0.1) is 0 Å². The molecular formula is C12H16BrNO3. The van der Waals surface area contributed by atoms with Crippen LogP contribution in [0.2, 0.25) is 0 Å². The highest BCUT2D eigenvalue weighted by Crippen LogP contribution is 2.22. The first-order valence-corrected chi connectivity index (χ1v) is 6.25. The molecule has 1 aromatic carbocycles. The number of benzene rings is 1. The van der Waals surface area contributed by atoms with Crippen molar-refractivity contribution in [3.63, 3.8) is 0 Å². The van der Waals surface area contributed by atoms with E-state index in [9.17, 15) is 4.79 Å². The highest BCUT2D eigenvalue weighted by atomic mass is 79.9. The van der Waals surface area contributed by atoms with Crippen LogP contribution in [0.3, 0.4) is 0 Å². The van der Waals surface area contributed by atoms with Crippen LogP contribution in [-0.4, -0.2) is 24.2 Å². The summed E-state index contributed by atoms with van der Waals surface area (Å²) in [5.74, 6) is 0.633. The topological polar surface area (TPSA) is 58.6 Å². The molecule has 0 aliphatic rings. The van der Waals surface area contributed by atoms with Gasteiger partial charge in [-0.15, -0.1) is 0 Å². The third-order valence-electron chi connectivity index (χ3n) is 2.16. The van der Waals surface area contributed by atoms with Crippen LogP contribution in [0.4, 0.5) is 0 Å². The van der Waals surface area contributed by atoms with Gasteiger partial charge in [0.05, 0.1) is 19.6 Å². The minimum atomic E-state index is -0.0475. The van der Waals surface area contributed by atoms with E-state index in [0.29, 0.717) is 25.3 Å². The van der Waals surface area contributed by atoms with E-state index in [0.717, 1.165) is 10.0 Å². The van der Waals surface area contributed by atoms with Crippen molar-refractivity contribution >= 4 is 21.8 Å². The van der Waals surface area contributed by atoms with Crippen molar-refractivity contribution in [1.29, 1.82) is 0 Å². The Balaban J connectivity index is 2.44. The number of aliphatic hydroxyl groups is 1. The lowest BCUT2D eigenvalue weighted by molar-refractivity contribution is -0.121. The Morgan fingerprint density at radius 3 is 2.94 bits per heavy atom. The van der Waals surface area contributed by atoms with E-state index < -0.39 is 0 Å². The average molecular weight is 302 g/mol. The molecule has 94 valence electrons. The van der Waals surface area contributed by atoms with Gasteiger partial charge in [0.25, 0.3) is 0 Å². The third-order valence-corrected chi connectivity index (χ3v) is 2.93. The minimum Gasteiger partial charge on any atom is -0.493 e. The van der Waals surface area contributed by atoms with Crippen molar-refractivity contribution in [2.45, 2.75) is 20.0 Å². The molecule has 2 N–H and O–H groups in total. The lowest BCUT2D eigenvalue weighted by Gasteiger charge is -2.08. The van der Waals surface area contributed by atoms with Gasteiger partial charge < -0.3 is 15.2 Å². The number of amides is 1. The van der Waals surface area contributed by atoms with Crippen molar-refractivity contribution in [2.24, 2.45) is 0 Å². The molecule has 0 unspecified atom stereocenters. The molecule has 17 heavy (non-hydrogen) atoms. The molecule has 0 radical (unpaired) electrons. The molecule has 1 rings (SSSR count). The van der Waals surface area contributed by atoms with Crippen LogP contribution in [0.15, 0.2) is 22.7 Å². The lowest BCUT2D eigenvalue weighted by Crippen LogP contribution is -2.24. The summed E-state index contributed by atoms with van der Waals surface area (Å²) in [5, 5.41) is 11.8. The van der Waals surface area contributed by atoms with Crippen LogP contribution in [0.5, 0.6) is 5.75 Å². The van der Waals surface area contributed by atoms with E-state index in [1.807, 2.05) is 13.0 Å². The maximum atomic E-state index is 11.2. The molecular weight excluding hydrogens is 286 g/mol. The minimum absolute atomic E-state index is 0.0213. The van der Waals surface area contributed by atoms with Crippen LogP contribution in [-0.2, 0) is 11.4 Å². The largest absolute Gasteiger partial charge is 0.493 e. The van der Waals surface area contributed by atoms with Gasteiger partial charge in [-0.1, -0.05) is 15.9 Å². The number of nitrogens with one attached hydrogen (secondary N) is 1. The number of aliphatic hydroxyl groups excluding tert-OH is 1. The number of carbonyl (C=O) groups is 1. The van der Waals surface area contributed by atoms with E-state index >= 15 is 0 Å². The number of carbonyl (C=O) groups excluding carboxylic acids is 1. The fourth-order valence-corrected chi connectivity index (χ4v) is 1.68. The van der Waals surface area contributed by atoms with E-state index in [-0.39, 0.29) is 12.5 Å². The highest BCUT2D eigenvalue weighted by Gasteiger charge is 2.03. The summed E-state index contributed by atoms with van der Waals surface area (Å²) in [6, 6.07) is 5.36. The number of hydrogen-bond acceptors (Lipinski definition) is 3. The number of rotatable bonds is 6. The van der Waals surface area contributed by atoms with Crippen LogP contribution in [0.25, 0.3) is 0 Å². The van der Waals surface area contributed by atoms with Crippen molar-refractivity contribution in [3.8, 4) is 5.75 Å². The van der Waals surface area contributed by atoms with Gasteiger partial charge in [-0.05, 0) is 30.7 Å². The second-order valence-electron chi connectivity index (χ2n) is 3.46. The van der Waals surface area contributed by atoms with Gasteiger partial charge in [-0.3, -0.25) is 4.79 Å². The first kappa shape index (κ1) is 14.0. The zero-order valence-corrected chi connectivity index (χ0v) is 11.3. The first-order chi connectivity index (χ1) is 8.17. The molecule has 1 aromatic rings. The standard InChI is InChI=1S/C12H16BrNO3/c1-2-14-12(16)5-6-17-10-3-4-11(13)9(7-10)8-15/h3-4,7,15H,2,5-6,8H2,1H3,(H,14,16). The quantitative estimate of drug-likeness (QED) is 0.843. The Morgan fingerprint density at radius 2 is 2.29 bits per heavy atom.